The summed E-state index contributed by atoms with van der Waals surface area (Å²) in [6, 6.07) is 7.40. The molecule has 4 nitrogen and oxygen atoms in total. The number of benzene rings is 2. The van der Waals surface area contributed by atoms with Gasteiger partial charge < -0.3 is 16.2 Å². The second-order valence-corrected chi connectivity index (χ2v) is 4.20. The van der Waals surface area contributed by atoms with Gasteiger partial charge in [-0.25, -0.2) is 13.6 Å². The van der Waals surface area contributed by atoms with Gasteiger partial charge in [-0.15, -0.1) is 0 Å². The molecule has 0 atom stereocenters. The van der Waals surface area contributed by atoms with E-state index in [4.69, 9.17) is 10.8 Å². The SMILES string of the molecule is Nc1ccc(NCc2cc(F)ccc2F)c(C(=O)O)c1. The van der Waals surface area contributed by atoms with E-state index >= 15 is 0 Å². The smallest absolute Gasteiger partial charge is 0.337 e. The summed E-state index contributed by atoms with van der Waals surface area (Å²) in [5, 5.41) is 11.8. The molecule has 0 unspecified atom stereocenters. The first-order valence-corrected chi connectivity index (χ1v) is 5.78. The molecule has 2 aromatic rings. The number of halogens is 2. The van der Waals surface area contributed by atoms with Crippen LogP contribution in [0.3, 0.4) is 0 Å². The first-order chi connectivity index (χ1) is 9.47. The van der Waals surface area contributed by atoms with Crippen molar-refractivity contribution in [2.24, 2.45) is 0 Å². The van der Waals surface area contributed by atoms with Gasteiger partial charge in [0.1, 0.15) is 11.6 Å². The zero-order valence-corrected chi connectivity index (χ0v) is 10.4. The number of aromatic carboxylic acids is 1. The fourth-order valence-electron chi connectivity index (χ4n) is 1.76. The lowest BCUT2D eigenvalue weighted by Crippen LogP contribution is -2.08. The molecule has 20 heavy (non-hydrogen) atoms. The lowest BCUT2D eigenvalue weighted by Gasteiger charge is -2.11. The van der Waals surface area contributed by atoms with Gasteiger partial charge in [0.2, 0.25) is 0 Å². The van der Waals surface area contributed by atoms with Crippen LogP contribution in [-0.2, 0) is 6.54 Å². The Kier molecular flexibility index (Phi) is 3.84. The number of nitrogens with one attached hydrogen (secondary N) is 1. The van der Waals surface area contributed by atoms with Crippen LogP contribution in [0.2, 0.25) is 0 Å². The van der Waals surface area contributed by atoms with Gasteiger partial charge >= 0.3 is 5.97 Å². The summed E-state index contributed by atoms with van der Waals surface area (Å²) in [7, 11) is 0. The van der Waals surface area contributed by atoms with Crippen LogP contribution in [0.4, 0.5) is 20.2 Å². The van der Waals surface area contributed by atoms with Gasteiger partial charge in [0, 0.05) is 23.5 Å². The zero-order chi connectivity index (χ0) is 14.7. The van der Waals surface area contributed by atoms with Crippen LogP contribution in [0.5, 0.6) is 0 Å². The lowest BCUT2D eigenvalue weighted by molar-refractivity contribution is 0.0698. The fraction of sp³-hybridized carbons (Fsp3) is 0.0714. The van der Waals surface area contributed by atoms with Crippen molar-refractivity contribution < 1.29 is 18.7 Å². The summed E-state index contributed by atoms with van der Waals surface area (Å²) in [6.07, 6.45) is 0. The molecule has 4 N–H and O–H groups in total. The molecule has 0 aliphatic rings. The lowest BCUT2D eigenvalue weighted by atomic mass is 10.1. The number of carboxylic acid groups (broad SMARTS) is 1. The van der Waals surface area contributed by atoms with Crippen LogP contribution >= 0.6 is 0 Å². The van der Waals surface area contributed by atoms with Crippen molar-refractivity contribution in [1.29, 1.82) is 0 Å². The summed E-state index contributed by atoms with van der Waals surface area (Å²) in [5.74, 6) is -2.27. The van der Waals surface area contributed by atoms with Gasteiger partial charge in [-0.1, -0.05) is 0 Å². The number of nitrogen functional groups attached to an aromatic ring is 1. The Morgan fingerprint density at radius 2 is 1.95 bits per heavy atom. The van der Waals surface area contributed by atoms with Gasteiger partial charge in [-0.3, -0.25) is 0 Å². The van der Waals surface area contributed by atoms with Crippen LogP contribution in [-0.4, -0.2) is 11.1 Å². The van der Waals surface area contributed by atoms with Crippen molar-refractivity contribution in [3.8, 4) is 0 Å². The molecule has 0 fully saturated rings. The number of nitrogens with two attached hydrogens (primary N) is 1. The van der Waals surface area contributed by atoms with Crippen molar-refractivity contribution in [2.75, 3.05) is 11.1 Å². The number of hydrogen-bond donors (Lipinski definition) is 3. The molecule has 2 rings (SSSR count). The first kappa shape index (κ1) is 13.8. The third-order valence-electron chi connectivity index (χ3n) is 2.75. The summed E-state index contributed by atoms with van der Waals surface area (Å²) < 4.78 is 26.5. The Hall–Kier alpha value is -2.63. The Morgan fingerprint density at radius 1 is 1.20 bits per heavy atom. The third kappa shape index (κ3) is 3.03. The Bertz CT molecular complexity index is 660. The number of hydrogen-bond acceptors (Lipinski definition) is 3. The van der Waals surface area contributed by atoms with E-state index in [0.29, 0.717) is 5.69 Å². The topological polar surface area (TPSA) is 75.3 Å². The molecule has 6 heteroatoms. The maximum atomic E-state index is 13.5. The van der Waals surface area contributed by atoms with Gasteiger partial charge in [0.25, 0.3) is 0 Å². The number of rotatable bonds is 4. The molecule has 0 heterocycles. The molecule has 0 saturated carbocycles. The van der Waals surface area contributed by atoms with Gasteiger partial charge in [0.15, 0.2) is 0 Å². The average Bonchev–Trinajstić information content (AvgIpc) is 2.40. The molecule has 0 aromatic heterocycles. The molecule has 0 saturated heterocycles. The number of carboxylic acids is 1. The fourth-order valence-corrected chi connectivity index (χ4v) is 1.76. The minimum atomic E-state index is -1.15. The van der Waals surface area contributed by atoms with Crippen molar-refractivity contribution in [1.82, 2.24) is 0 Å². The van der Waals surface area contributed by atoms with Crippen molar-refractivity contribution in [2.45, 2.75) is 6.54 Å². The van der Waals surface area contributed by atoms with Crippen LogP contribution < -0.4 is 11.1 Å². The highest BCUT2D eigenvalue weighted by atomic mass is 19.1. The predicted octanol–water partition coefficient (Wildman–Crippen LogP) is 2.86. The summed E-state index contributed by atoms with van der Waals surface area (Å²) in [6.45, 7) is -0.0339. The average molecular weight is 278 g/mol. The van der Waals surface area contributed by atoms with Crippen molar-refractivity contribution in [3.63, 3.8) is 0 Å². The molecule has 0 spiro atoms. The van der Waals surface area contributed by atoms with E-state index in [1.54, 1.807) is 0 Å². The van der Waals surface area contributed by atoms with Crippen LogP contribution in [0.1, 0.15) is 15.9 Å². The molecular formula is C14H12F2N2O2. The molecule has 0 amide bonds. The van der Waals surface area contributed by atoms with Crippen LogP contribution in [0.25, 0.3) is 0 Å². The molecular weight excluding hydrogens is 266 g/mol. The Labute approximate surface area is 113 Å². The summed E-state index contributed by atoms with van der Waals surface area (Å²) in [4.78, 5) is 11.1. The minimum Gasteiger partial charge on any atom is -0.478 e. The van der Waals surface area contributed by atoms with E-state index < -0.39 is 17.6 Å². The highest BCUT2D eigenvalue weighted by Crippen LogP contribution is 2.20. The van der Waals surface area contributed by atoms with E-state index in [1.165, 1.54) is 18.2 Å². The molecule has 104 valence electrons. The predicted molar refractivity (Wildman–Crippen MR) is 71.5 cm³/mol. The monoisotopic (exact) mass is 278 g/mol. The second-order valence-electron chi connectivity index (χ2n) is 4.20. The highest BCUT2D eigenvalue weighted by molar-refractivity contribution is 5.95. The minimum absolute atomic E-state index is 0.0261. The summed E-state index contributed by atoms with van der Waals surface area (Å²) >= 11 is 0. The largest absolute Gasteiger partial charge is 0.478 e. The standard InChI is InChI=1S/C14H12F2N2O2/c15-9-1-3-12(16)8(5-9)7-18-13-4-2-10(17)6-11(13)14(19)20/h1-6,18H,7,17H2,(H,19,20). The van der Waals surface area contributed by atoms with E-state index in [2.05, 4.69) is 5.32 Å². The zero-order valence-electron chi connectivity index (χ0n) is 10.4. The second kappa shape index (κ2) is 5.56. The Morgan fingerprint density at radius 3 is 2.65 bits per heavy atom. The van der Waals surface area contributed by atoms with E-state index in [9.17, 15) is 13.6 Å². The quantitative estimate of drug-likeness (QED) is 0.752. The number of carbonyl (C=O) groups is 1. The van der Waals surface area contributed by atoms with E-state index in [-0.39, 0.29) is 23.4 Å². The molecule has 0 aliphatic heterocycles. The van der Waals surface area contributed by atoms with Crippen LogP contribution in [0.15, 0.2) is 36.4 Å². The van der Waals surface area contributed by atoms with Crippen molar-refractivity contribution in [3.05, 3.63) is 59.2 Å². The maximum absolute atomic E-state index is 13.5. The summed E-state index contributed by atoms with van der Waals surface area (Å²) in [5.41, 5.74) is 6.20. The molecule has 0 bridgehead atoms. The first-order valence-electron chi connectivity index (χ1n) is 5.78. The van der Waals surface area contributed by atoms with Gasteiger partial charge in [-0.05, 0) is 36.4 Å². The van der Waals surface area contributed by atoms with Crippen molar-refractivity contribution >= 4 is 17.3 Å². The maximum Gasteiger partial charge on any atom is 0.337 e. The number of anilines is 2. The van der Waals surface area contributed by atoms with E-state index in [0.717, 1.165) is 18.2 Å². The third-order valence-corrected chi connectivity index (χ3v) is 2.75. The van der Waals surface area contributed by atoms with Gasteiger partial charge in [0.05, 0.1) is 5.56 Å². The van der Waals surface area contributed by atoms with Gasteiger partial charge in [-0.2, -0.15) is 0 Å². The molecule has 2 aromatic carbocycles. The normalized spacial score (nSPS) is 10.3. The highest BCUT2D eigenvalue weighted by Gasteiger charge is 2.11. The Balaban J connectivity index is 2.23. The van der Waals surface area contributed by atoms with Crippen LogP contribution in [0, 0.1) is 11.6 Å². The molecule has 0 aliphatic carbocycles. The molecule has 0 radical (unpaired) electrons. The van der Waals surface area contributed by atoms with E-state index in [1.807, 2.05) is 0 Å².